The fraction of sp³-hybridized carbons (Fsp3) is 0.556. The van der Waals surface area contributed by atoms with E-state index in [4.69, 9.17) is 14.5 Å². The first-order valence-electron chi connectivity index (χ1n) is 13.7. The summed E-state index contributed by atoms with van der Waals surface area (Å²) in [5, 5.41) is 4.45. The van der Waals surface area contributed by atoms with E-state index in [0.29, 0.717) is 54.0 Å². The van der Waals surface area contributed by atoms with Gasteiger partial charge in [0.15, 0.2) is 5.52 Å². The van der Waals surface area contributed by atoms with Gasteiger partial charge in [-0.25, -0.2) is 18.1 Å². The molecule has 0 aliphatic heterocycles. The van der Waals surface area contributed by atoms with Crippen LogP contribution < -0.4 is 15.0 Å². The lowest BCUT2D eigenvalue weighted by Crippen LogP contribution is -2.41. The lowest BCUT2D eigenvalue weighted by Gasteiger charge is -2.23. The molecule has 1 atom stereocenters. The van der Waals surface area contributed by atoms with Crippen molar-refractivity contribution in [3.8, 4) is 17.1 Å². The molecule has 1 unspecified atom stereocenters. The number of benzene rings is 1. The summed E-state index contributed by atoms with van der Waals surface area (Å²) in [6.07, 6.45) is 1.91. The normalized spacial score (nSPS) is 12.7. The van der Waals surface area contributed by atoms with Gasteiger partial charge in [0.25, 0.3) is 5.56 Å². The van der Waals surface area contributed by atoms with Gasteiger partial charge in [-0.2, -0.15) is 5.10 Å². The van der Waals surface area contributed by atoms with E-state index in [1.165, 1.54) is 23.7 Å². The first-order chi connectivity index (χ1) is 19.0. The third-order valence-electron chi connectivity index (χ3n) is 6.56. The smallest absolute Gasteiger partial charge is 0.302 e. The van der Waals surface area contributed by atoms with Crippen molar-refractivity contribution in [2.24, 2.45) is 7.05 Å². The molecule has 0 aliphatic carbocycles. The van der Waals surface area contributed by atoms with Crippen LogP contribution in [0.25, 0.3) is 22.4 Å². The van der Waals surface area contributed by atoms with Crippen LogP contribution in [-0.2, 0) is 33.0 Å². The Hall–Kier alpha value is -3.29. The number of nitrogens with zero attached hydrogens (tertiary/aromatic N) is 4. The van der Waals surface area contributed by atoms with Gasteiger partial charge in [-0.3, -0.25) is 14.3 Å². The van der Waals surface area contributed by atoms with Crippen LogP contribution in [0.15, 0.2) is 27.9 Å². The number of aromatic amines is 1. The zero-order valence-electron chi connectivity index (χ0n) is 24.1. The highest BCUT2D eigenvalue weighted by Crippen LogP contribution is 2.31. The number of aryl methyl sites for hydroxylation is 2. The molecule has 220 valence electrons. The third kappa shape index (κ3) is 7.46. The van der Waals surface area contributed by atoms with E-state index in [1.54, 1.807) is 13.1 Å². The standard InChI is InChI=1S/C27H40N6O6S/c1-7-11-22-24-25(32(6)30-22)27(35)29-26(28-24)21-16-20(12-13-23(21)38-10-4)40(36,37)31-19(17-39-18(5)34)14-15-33(8-2)9-3/h12-13,16,19,31H,7-11,14-15,17H2,1-6H3,(H,28,29,35). The van der Waals surface area contributed by atoms with E-state index in [2.05, 4.69) is 19.7 Å². The molecule has 2 heterocycles. The molecule has 12 nitrogen and oxygen atoms in total. The topological polar surface area (TPSA) is 149 Å². The molecular weight excluding hydrogens is 536 g/mol. The van der Waals surface area contributed by atoms with Crippen molar-refractivity contribution in [2.45, 2.75) is 64.8 Å². The summed E-state index contributed by atoms with van der Waals surface area (Å²) >= 11 is 0. The molecule has 0 saturated carbocycles. The van der Waals surface area contributed by atoms with E-state index in [1.807, 2.05) is 27.7 Å². The molecule has 3 aromatic rings. The summed E-state index contributed by atoms with van der Waals surface area (Å²) < 4.78 is 42.2. The number of rotatable bonds is 15. The monoisotopic (exact) mass is 576 g/mol. The molecule has 40 heavy (non-hydrogen) atoms. The number of ether oxygens (including phenoxy) is 2. The summed E-state index contributed by atoms with van der Waals surface area (Å²) in [6.45, 7) is 11.7. The maximum atomic E-state index is 13.5. The Morgan fingerprint density at radius 2 is 1.93 bits per heavy atom. The van der Waals surface area contributed by atoms with Gasteiger partial charge in [0.05, 0.1) is 28.8 Å². The number of carbonyl (C=O) groups is 1. The number of hydrogen-bond donors (Lipinski definition) is 2. The molecule has 0 aliphatic rings. The van der Waals surface area contributed by atoms with Crippen molar-refractivity contribution in [1.29, 1.82) is 0 Å². The average molecular weight is 577 g/mol. The molecule has 0 radical (unpaired) electrons. The summed E-state index contributed by atoms with van der Waals surface area (Å²) in [7, 11) is -2.36. The molecule has 0 fully saturated rings. The summed E-state index contributed by atoms with van der Waals surface area (Å²) in [6, 6.07) is 3.78. The second kappa shape index (κ2) is 13.9. The van der Waals surface area contributed by atoms with Crippen LogP contribution in [0.5, 0.6) is 5.75 Å². The number of hydrogen-bond acceptors (Lipinski definition) is 9. The van der Waals surface area contributed by atoms with Gasteiger partial charge < -0.3 is 19.4 Å². The fourth-order valence-electron chi connectivity index (χ4n) is 4.48. The summed E-state index contributed by atoms with van der Waals surface area (Å²) in [4.78, 5) is 34.1. The van der Waals surface area contributed by atoms with Crippen LogP contribution >= 0.6 is 0 Å². The molecule has 0 bridgehead atoms. The predicted octanol–water partition coefficient (Wildman–Crippen LogP) is 2.62. The van der Waals surface area contributed by atoms with Crippen LogP contribution in [0.2, 0.25) is 0 Å². The van der Waals surface area contributed by atoms with E-state index in [-0.39, 0.29) is 22.9 Å². The molecule has 0 saturated heterocycles. The second-order valence-electron chi connectivity index (χ2n) is 9.46. The zero-order valence-corrected chi connectivity index (χ0v) is 24.9. The highest BCUT2D eigenvalue weighted by molar-refractivity contribution is 7.89. The van der Waals surface area contributed by atoms with Gasteiger partial charge in [0, 0.05) is 14.0 Å². The highest BCUT2D eigenvalue weighted by Gasteiger charge is 2.24. The quantitative estimate of drug-likeness (QED) is 0.260. The number of nitrogens with one attached hydrogen (secondary N) is 2. The largest absolute Gasteiger partial charge is 0.493 e. The number of H-pyrrole nitrogens is 1. The predicted molar refractivity (Wildman–Crippen MR) is 153 cm³/mol. The second-order valence-corrected chi connectivity index (χ2v) is 11.2. The number of esters is 1. The van der Waals surface area contributed by atoms with Gasteiger partial charge in [-0.05, 0) is 57.6 Å². The molecule has 2 N–H and O–H groups in total. The van der Waals surface area contributed by atoms with Crippen LogP contribution in [0, 0.1) is 0 Å². The van der Waals surface area contributed by atoms with E-state index < -0.39 is 22.0 Å². The van der Waals surface area contributed by atoms with Gasteiger partial charge in [-0.1, -0.05) is 27.2 Å². The Kier molecular flexibility index (Phi) is 10.8. The van der Waals surface area contributed by atoms with E-state index in [9.17, 15) is 18.0 Å². The van der Waals surface area contributed by atoms with E-state index in [0.717, 1.165) is 19.5 Å². The van der Waals surface area contributed by atoms with Crippen LogP contribution in [-0.4, -0.2) is 77.9 Å². The Morgan fingerprint density at radius 3 is 2.55 bits per heavy atom. The minimum Gasteiger partial charge on any atom is -0.493 e. The molecule has 0 amide bonds. The van der Waals surface area contributed by atoms with Crippen molar-refractivity contribution in [2.75, 3.05) is 32.8 Å². The maximum Gasteiger partial charge on any atom is 0.302 e. The SMILES string of the molecule is CCCc1nn(C)c2c(=O)[nH]c(-c3cc(S(=O)(=O)NC(CCN(CC)CC)COC(C)=O)ccc3OCC)nc12. The van der Waals surface area contributed by atoms with Crippen LogP contribution in [0.3, 0.4) is 0 Å². The Morgan fingerprint density at radius 1 is 1.20 bits per heavy atom. The first kappa shape index (κ1) is 31.2. The van der Waals surface area contributed by atoms with Crippen molar-refractivity contribution in [3.05, 3.63) is 34.2 Å². The Balaban J connectivity index is 2.04. The van der Waals surface area contributed by atoms with Gasteiger partial charge in [0.1, 0.15) is 23.7 Å². The molecule has 2 aromatic heterocycles. The average Bonchev–Trinajstić information content (AvgIpc) is 3.23. The molecule has 1 aromatic carbocycles. The van der Waals surface area contributed by atoms with E-state index >= 15 is 0 Å². The maximum absolute atomic E-state index is 13.5. The van der Waals surface area contributed by atoms with Gasteiger partial charge in [-0.15, -0.1) is 0 Å². The number of carbonyl (C=O) groups excluding carboxylic acids is 1. The molecular formula is C27H40N6O6S. The minimum absolute atomic E-state index is 0.0377. The van der Waals surface area contributed by atoms with Crippen LogP contribution in [0.4, 0.5) is 0 Å². The number of fused-ring (bicyclic) bond motifs is 1. The lowest BCUT2D eigenvalue weighted by molar-refractivity contribution is -0.141. The lowest BCUT2D eigenvalue weighted by atomic mass is 10.1. The summed E-state index contributed by atoms with van der Waals surface area (Å²) in [5.74, 6) is 0.0721. The molecule has 0 spiro atoms. The van der Waals surface area contributed by atoms with Gasteiger partial charge in [0.2, 0.25) is 10.0 Å². The van der Waals surface area contributed by atoms with Gasteiger partial charge >= 0.3 is 5.97 Å². The zero-order chi connectivity index (χ0) is 29.4. The first-order valence-corrected chi connectivity index (χ1v) is 15.1. The third-order valence-corrected chi connectivity index (χ3v) is 8.08. The van der Waals surface area contributed by atoms with Crippen molar-refractivity contribution >= 4 is 27.0 Å². The minimum atomic E-state index is -4.05. The molecule has 13 heteroatoms. The highest BCUT2D eigenvalue weighted by atomic mass is 32.2. The van der Waals surface area contributed by atoms with Crippen molar-refractivity contribution in [1.82, 2.24) is 29.4 Å². The number of aromatic nitrogens is 4. The van der Waals surface area contributed by atoms with Crippen molar-refractivity contribution < 1.29 is 22.7 Å². The summed E-state index contributed by atoms with van der Waals surface area (Å²) in [5.41, 5.74) is 1.45. The van der Waals surface area contributed by atoms with Crippen LogP contribution in [0.1, 0.15) is 53.2 Å². The fourth-order valence-corrected chi connectivity index (χ4v) is 5.76. The number of sulfonamides is 1. The Labute approximate surface area is 235 Å². The molecule has 3 rings (SSSR count). The Bertz CT molecular complexity index is 1480. The van der Waals surface area contributed by atoms with Crippen molar-refractivity contribution in [3.63, 3.8) is 0 Å².